The van der Waals surface area contributed by atoms with Crippen LogP contribution in [0, 0.1) is 0 Å². The zero-order chi connectivity index (χ0) is 35.9. The van der Waals surface area contributed by atoms with Gasteiger partial charge in [0.1, 0.15) is 0 Å². The molecule has 1 saturated carbocycles. The third kappa shape index (κ3) is 6.99. The van der Waals surface area contributed by atoms with Crippen LogP contribution in [0.4, 0.5) is 0 Å². The van der Waals surface area contributed by atoms with E-state index in [0.717, 1.165) is 57.7 Å². The van der Waals surface area contributed by atoms with Crippen molar-refractivity contribution >= 4 is 49.0 Å². The normalized spacial score (nSPS) is 17.5. The van der Waals surface area contributed by atoms with E-state index in [2.05, 4.69) is 20.1 Å². The van der Waals surface area contributed by atoms with Gasteiger partial charge >= 0.3 is 10.2 Å². The number of sulfonamides is 1. The number of aromatic nitrogens is 1. The molecule has 0 radical (unpaired) electrons. The van der Waals surface area contributed by atoms with Crippen molar-refractivity contribution in [2.45, 2.75) is 68.3 Å². The molecule has 3 aliphatic rings. The molecule has 0 bridgehead atoms. The zero-order valence-electron chi connectivity index (χ0n) is 28.8. The molecule has 0 unspecified atom stereocenters. The average molecular weight is 730 g/mol. The van der Waals surface area contributed by atoms with Crippen LogP contribution in [0.15, 0.2) is 83.3 Å². The molecule has 2 aliphatic heterocycles. The predicted molar refractivity (Wildman–Crippen MR) is 198 cm³/mol. The standard InChI is InChI=1S/C38H43N5O6S2/c1-41(2)51(48,49)40-37(44)28-17-18-33-34(24-28)43-25-29(23-27-13-9-10-16-32(27)36(43)35(33)26-11-5-3-6-12-26)38(45)42-21-19-30(20-22-42)39-50(46,47)31-14-7-4-8-15-31/h4,7-10,13-18,23-24,26,30,39H,3,5-6,11-12,19-22,25H2,1-2H3,(H,40,44). The lowest BCUT2D eigenvalue weighted by atomic mass is 9.81. The molecule has 2 amide bonds. The van der Waals surface area contributed by atoms with E-state index in [0.29, 0.717) is 37.4 Å². The minimum atomic E-state index is -4.00. The molecule has 4 aromatic rings. The van der Waals surface area contributed by atoms with Crippen LogP contribution < -0.4 is 9.44 Å². The van der Waals surface area contributed by atoms with Crippen molar-refractivity contribution in [2.75, 3.05) is 27.2 Å². The molecule has 0 spiro atoms. The number of fused-ring (bicyclic) bond motifs is 5. The van der Waals surface area contributed by atoms with Crippen LogP contribution in [0.1, 0.15) is 72.3 Å². The van der Waals surface area contributed by atoms with Crippen molar-refractivity contribution in [3.05, 3.63) is 95.1 Å². The summed E-state index contributed by atoms with van der Waals surface area (Å²) in [5.74, 6) is -0.545. The van der Waals surface area contributed by atoms with Gasteiger partial charge in [-0.1, -0.05) is 67.8 Å². The monoisotopic (exact) mass is 729 g/mol. The van der Waals surface area contributed by atoms with Crippen LogP contribution >= 0.6 is 0 Å². The Morgan fingerprint density at radius 2 is 1.51 bits per heavy atom. The predicted octanol–water partition coefficient (Wildman–Crippen LogP) is 5.26. The van der Waals surface area contributed by atoms with Gasteiger partial charge in [0, 0.05) is 60.8 Å². The molecule has 11 nitrogen and oxygen atoms in total. The number of carbonyl (C=O) groups is 2. The number of carbonyl (C=O) groups excluding carboxylic acids is 2. The molecule has 2 N–H and O–H groups in total. The summed E-state index contributed by atoms with van der Waals surface area (Å²) in [5.41, 5.74) is 5.73. The van der Waals surface area contributed by atoms with Crippen LogP contribution in [-0.2, 0) is 31.6 Å². The lowest BCUT2D eigenvalue weighted by Gasteiger charge is -2.33. The van der Waals surface area contributed by atoms with Crippen molar-refractivity contribution in [3.63, 3.8) is 0 Å². The van der Waals surface area contributed by atoms with Crippen molar-refractivity contribution in [1.82, 2.24) is 23.2 Å². The number of rotatable bonds is 8. The van der Waals surface area contributed by atoms with E-state index in [1.165, 1.54) is 26.1 Å². The van der Waals surface area contributed by atoms with E-state index in [9.17, 15) is 26.4 Å². The average Bonchev–Trinajstić information content (AvgIpc) is 3.34. The Labute approximate surface area is 299 Å². The van der Waals surface area contributed by atoms with Gasteiger partial charge in [-0.3, -0.25) is 9.59 Å². The van der Waals surface area contributed by atoms with Gasteiger partial charge in [0.15, 0.2) is 0 Å². The lowest BCUT2D eigenvalue weighted by molar-refractivity contribution is -0.128. The number of likely N-dealkylation sites (tertiary alicyclic amines) is 1. The summed E-state index contributed by atoms with van der Waals surface area (Å²) in [5, 5.41) is 0.999. The maximum Gasteiger partial charge on any atom is 0.303 e. The number of hydrogen-bond donors (Lipinski definition) is 2. The topological polar surface area (TPSA) is 138 Å². The fourth-order valence-electron chi connectivity index (χ4n) is 7.71. The van der Waals surface area contributed by atoms with Gasteiger partial charge < -0.3 is 9.47 Å². The largest absolute Gasteiger partial charge is 0.339 e. The molecule has 1 aliphatic carbocycles. The highest BCUT2D eigenvalue weighted by atomic mass is 32.2. The molecule has 3 aromatic carbocycles. The quantitative estimate of drug-likeness (QED) is 0.254. The minimum Gasteiger partial charge on any atom is -0.339 e. The Morgan fingerprint density at radius 1 is 0.824 bits per heavy atom. The number of piperidine rings is 1. The van der Waals surface area contributed by atoms with Gasteiger partial charge in [-0.2, -0.15) is 12.7 Å². The maximum absolute atomic E-state index is 14.3. The second kappa shape index (κ2) is 14.0. The maximum atomic E-state index is 14.3. The summed E-state index contributed by atoms with van der Waals surface area (Å²) >= 11 is 0. The van der Waals surface area contributed by atoms with E-state index in [1.54, 1.807) is 47.4 Å². The molecule has 7 rings (SSSR count). The van der Waals surface area contributed by atoms with Crippen LogP contribution in [-0.4, -0.2) is 75.6 Å². The number of benzene rings is 3. The van der Waals surface area contributed by atoms with Gasteiger partial charge in [0.05, 0.1) is 17.1 Å². The summed E-state index contributed by atoms with van der Waals surface area (Å²) in [4.78, 5) is 29.6. The molecule has 13 heteroatoms. The van der Waals surface area contributed by atoms with Crippen molar-refractivity contribution in [1.29, 1.82) is 0 Å². The van der Waals surface area contributed by atoms with Crippen LogP contribution in [0.25, 0.3) is 28.2 Å². The van der Waals surface area contributed by atoms with E-state index in [1.807, 2.05) is 30.3 Å². The molecule has 1 saturated heterocycles. The van der Waals surface area contributed by atoms with Crippen LogP contribution in [0.3, 0.4) is 0 Å². The number of nitrogens with zero attached hydrogens (tertiary/aromatic N) is 3. The molecule has 2 fully saturated rings. The fraction of sp³-hybridized carbons (Fsp3) is 0.368. The Balaban J connectivity index is 1.23. The zero-order valence-corrected chi connectivity index (χ0v) is 30.5. The molecule has 1 aromatic heterocycles. The molecular formula is C38H43N5O6S2. The van der Waals surface area contributed by atoms with Gasteiger partial charge in [0.2, 0.25) is 10.0 Å². The molecule has 3 heterocycles. The fourth-order valence-corrected chi connectivity index (χ4v) is 9.57. The van der Waals surface area contributed by atoms with E-state index in [4.69, 9.17) is 0 Å². The van der Waals surface area contributed by atoms with E-state index in [-0.39, 0.29) is 29.0 Å². The summed E-state index contributed by atoms with van der Waals surface area (Å²) in [6.45, 7) is 1.06. The first-order chi connectivity index (χ1) is 24.4. The van der Waals surface area contributed by atoms with E-state index < -0.39 is 26.1 Å². The number of nitrogens with one attached hydrogen (secondary N) is 2. The Bertz CT molecular complexity index is 2230. The van der Waals surface area contributed by atoms with Gasteiger partial charge in [0.25, 0.3) is 11.8 Å². The van der Waals surface area contributed by atoms with E-state index >= 15 is 0 Å². The van der Waals surface area contributed by atoms with Crippen LogP contribution in [0.5, 0.6) is 0 Å². The summed E-state index contributed by atoms with van der Waals surface area (Å²) in [6, 6.07) is 21.4. The minimum absolute atomic E-state index is 0.117. The Morgan fingerprint density at radius 3 is 2.22 bits per heavy atom. The second-order valence-corrected chi connectivity index (χ2v) is 17.5. The Hall–Kier alpha value is -4.30. The first-order valence-electron chi connectivity index (χ1n) is 17.5. The van der Waals surface area contributed by atoms with Crippen molar-refractivity contribution in [3.8, 4) is 11.3 Å². The highest BCUT2D eigenvalue weighted by Gasteiger charge is 2.33. The molecule has 0 atom stereocenters. The van der Waals surface area contributed by atoms with Gasteiger partial charge in [-0.25, -0.2) is 17.9 Å². The second-order valence-electron chi connectivity index (χ2n) is 13.9. The molecule has 268 valence electrons. The van der Waals surface area contributed by atoms with Crippen molar-refractivity contribution < 1.29 is 26.4 Å². The Kier molecular flexibility index (Phi) is 9.65. The summed E-state index contributed by atoms with van der Waals surface area (Å²) in [7, 11) is -4.96. The third-order valence-corrected chi connectivity index (χ3v) is 13.3. The van der Waals surface area contributed by atoms with Gasteiger partial charge in [-0.15, -0.1) is 0 Å². The SMILES string of the molecule is CN(C)S(=O)(=O)NC(=O)c1ccc2c(C3CCCCC3)c3n(c2c1)CC(C(=O)N1CCC(NS(=O)(=O)c2ccccc2)CC1)=Cc1ccccc1-3. The third-order valence-electron chi connectivity index (χ3n) is 10.4. The first kappa shape index (κ1) is 35.1. The molecule has 51 heavy (non-hydrogen) atoms. The summed E-state index contributed by atoms with van der Waals surface area (Å²) < 4.78 is 59.0. The lowest BCUT2D eigenvalue weighted by Crippen LogP contribution is -2.47. The van der Waals surface area contributed by atoms with Crippen molar-refractivity contribution in [2.24, 2.45) is 0 Å². The smallest absolute Gasteiger partial charge is 0.303 e. The highest BCUT2D eigenvalue weighted by Crippen LogP contribution is 2.46. The number of hydrogen-bond acceptors (Lipinski definition) is 6. The summed E-state index contributed by atoms with van der Waals surface area (Å²) in [6.07, 6.45) is 8.46. The first-order valence-corrected chi connectivity index (χ1v) is 20.4. The van der Waals surface area contributed by atoms with Crippen LogP contribution in [0.2, 0.25) is 0 Å². The molecular weight excluding hydrogens is 687 g/mol. The number of amides is 2. The van der Waals surface area contributed by atoms with Gasteiger partial charge in [-0.05, 0) is 73.1 Å². The highest BCUT2D eigenvalue weighted by molar-refractivity contribution is 7.89.